The van der Waals surface area contributed by atoms with Crippen LogP contribution in [-0.4, -0.2) is 71.5 Å². The fourth-order valence-electron chi connectivity index (χ4n) is 3.34. The SMILES string of the molecule is C/C=C(\C)CC(=O)O.CC(C)N1CCCC[C@@H]1C(=O)NC(C(=O)N(C)C)C(C)(C)C.CCC. The molecule has 33 heavy (non-hydrogen) atoms. The van der Waals surface area contributed by atoms with Crippen molar-refractivity contribution in [2.45, 2.75) is 113 Å². The van der Waals surface area contributed by atoms with Gasteiger partial charge >= 0.3 is 5.97 Å². The predicted molar refractivity (Wildman–Crippen MR) is 137 cm³/mol. The van der Waals surface area contributed by atoms with Crippen LogP contribution >= 0.6 is 0 Å². The molecule has 7 heteroatoms. The first-order valence-corrected chi connectivity index (χ1v) is 12.2. The molecular formula is C26H51N3O4. The molecule has 1 saturated heterocycles. The average Bonchev–Trinajstić information content (AvgIpc) is 2.70. The Morgan fingerprint density at radius 2 is 1.67 bits per heavy atom. The number of carbonyl (C=O) groups is 3. The van der Waals surface area contributed by atoms with Crippen LogP contribution in [0.15, 0.2) is 11.6 Å². The topological polar surface area (TPSA) is 90.0 Å². The molecule has 2 atom stereocenters. The molecular weight excluding hydrogens is 418 g/mol. The molecule has 0 radical (unpaired) electrons. The van der Waals surface area contributed by atoms with E-state index in [9.17, 15) is 14.4 Å². The van der Waals surface area contributed by atoms with Crippen molar-refractivity contribution in [3.8, 4) is 0 Å². The second-order valence-electron chi connectivity index (χ2n) is 10.3. The number of allylic oxidation sites excluding steroid dienone is 1. The third-order valence-corrected chi connectivity index (χ3v) is 5.27. The lowest BCUT2D eigenvalue weighted by atomic mass is 9.85. The van der Waals surface area contributed by atoms with Crippen molar-refractivity contribution in [3.63, 3.8) is 0 Å². The number of hydrogen-bond acceptors (Lipinski definition) is 4. The fourth-order valence-corrected chi connectivity index (χ4v) is 3.34. The van der Waals surface area contributed by atoms with Gasteiger partial charge in [0.1, 0.15) is 6.04 Å². The zero-order chi connectivity index (χ0) is 26.4. The van der Waals surface area contributed by atoms with Gasteiger partial charge in [-0.2, -0.15) is 0 Å². The van der Waals surface area contributed by atoms with Crippen LogP contribution in [0.5, 0.6) is 0 Å². The van der Waals surface area contributed by atoms with Gasteiger partial charge < -0.3 is 15.3 Å². The minimum Gasteiger partial charge on any atom is -0.481 e. The zero-order valence-corrected chi connectivity index (χ0v) is 23.1. The Morgan fingerprint density at radius 3 is 2.00 bits per heavy atom. The lowest BCUT2D eigenvalue weighted by Crippen LogP contribution is -2.59. The van der Waals surface area contributed by atoms with Crippen molar-refractivity contribution < 1.29 is 19.5 Å². The van der Waals surface area contributed by atoms with Crippen LogP contribution < -0.4 is 5.32 Å². The third-order valence-electron chi connectivity index (χ3n) is 5.27. The van der Waals surface area contributed by atoms with E-state index in [0.29, 0.717) is 6.04 Å². The van der Waals surface area contributed by atoms with E-state index in [1.54, 1.807) is 32.0 Å². The number of nitrogens with zero attached hydrogens (tertiary/aromatic N) is 2. The molecule has 7 nitrogen and oxygen atoms in total. The van der Waals surface area contributed by atoms with Crippen LogP contribution in [-0.2, 0) is 14.4 Å². The van der Waals surface area contributed by atoms with Crippen molar-refractivity contribution in [2.24, 2.45) is 5.41 Å². The van der Waals surface area contributed by atoms with Crippen molar-refractivity contribution in [2.75, 3.05) is 20.6 Å². The standard InChI is InChI=1S/C17H33N3O2.C6H10O2.C3H8/c1-12(2)20-11-9-8-10-13(20)15(21)18-14(17(3,4)5)16(22)19(6)7;1-3-5(2)4-6(7)8;1-3-2/h12-14H,8-11H2,1-7H3,(H,18,21);3H,4H2,1-2H3,(H,7,8);3H2,1-2H3/b;5-3+;/t13-,14?;;/m1../s1. The van der Waals surface area contributed by atoms with Crippen LogP contribution in [0.3, 0.4) is 0 Å². The first-order chi connectivity index (χ1) is 15.1. The summed E-state index contributed by atoms with van der Waals surface area (Å²) in [7, 11) is 3.46. The Labute approximate surface area is 203 Å². The number of aliphatic carboxylic acids is 1. The molecule has 1 rings (SSSR count). The number of carbonyl (C=O) groups excluding carboxylic acids is 2. The van der Waals surface area contributed by atoms with E-state index in [4.69, 9.17) is 5.11 Å². The maximum atomic E-state index is 12.8. The van der Waals surface area contributed by atoms with Gasteiger partial charge in [-0.25, -0.2) is 0 Å². The lowest BCUT2D eigenvalue weighted by molar-refractivity contribution is -0.139. The largest absolute Gasteiger partial charge is 0.481 e. The van der Waals surface area contributed by atoms with Gasteiger partial charge in [0.2, 0.25) is 11.8 Å². The highest BCUT2D eigenvalue weighted by Gasteiger charge is 2.37. The fraction of sp³-hybridized carbons (Fsp3) is 0.808. The summed E-state index contributed by atoms with van der Waals surface area (Å²) in [5.74, 6) is -0.822. The molecule has 1 fully saturated rings. The summed E-state index contributed by atoms with van der Waals surface area (Å²) in [6.45, 7) is 19.0. The maximum absolute atomic E-state index is 12.8. The molecule has 0 bridgehead atoms. The van der Waals surface area contributed by atoms with Gasteiger partial charge in [0, 0.05) is 20.1 Å². The second-order valence-corrected chi connectivity index (χ2v) is 10.3. The van der Waals surface area contributed by atoms with E-state index in [1.807, 2.05) is 27.7 Å². The van der Waals surface area contributed by atoms with Crippen LogP contribution in [0.4, 0.5) is 0 Å². The van der Waals surface area contributed by atoms with Crippen molar-refractivity contribution >= 4 is 17.8 Å². The molecule has 194 valence electrons. The number of likely N-dealkylation sites (tertiary alicyclic amines) is 1. The number of amides is 2. The van der Waals surface area contributed by atoms with Crippen LogP contribution in [0.2, 0.25) is 0 Å². The highest BCUT2D eigenvalue weighted by atomic mass is 16.4. The van der Waals surface area contributed by atoms with Crippen molar-refractivity contribution in [1.82, 2.24) is 15.1 Å². The Balaban J connectivity index is 0. The molecule has 1 heterocycles. The monoisotopic (exact) mass is 469 g/mol. The smallest absolute Gasteiger partial charge is 0.307 e. The molecule has 0 spiro atoms. The van der Waals surface area contributed by atoms with Gasteiger partial charge in [0.25, 0.3) is 0 Å². The minimum atomic E-state index is -0.763. The number of likely N-dealkylation sites (N-methyl/N-ethyl adjacent to an activating group) is 1. The quantitative estimate of drug-likeness (QED) is 0.550. The van der Waals surface area contributed by atoms with E-state index in [2.05, 4.69) is 37.9 Å². The molecule has 0 saturated carbocycles. The Bertz CT molecular complexity index is 622. The molecule has 2 amide bonds. The molecule has 1 aliphatic rings. The van der Waals surface area contributed by atoms with E-state index in [-0.39, 0.29) is 29.7 Å². The molecule has 1 aliphatic heterocycles. The summed E-state index contributed by atoms with van der Waals surface area (Å²) in [6, 6.07) is -0.270. The van der Waals surface area contributed by atoms with E-state index in [0.717, 1.165) is 31.4 Å². The second kappa shape index (κ2) is 16.7. The van der Waals surface area contributed by atoms with E-state index < -0.39 is 12.0 Å². The number of rotatable bonds is 6. The molecule has 0 aromatic heterocycles. The summed E-state index contributed by atoms with van der Waals surface area (Å²) in [5, 5.41) is 11.2. The highest BCUT2D eigenvalue weighted by Crippen LogP contribution is 2.23. The summed E-state index contributed by atoms with van der Waals surface area (Å²) in [5.41, 5.74) is 0.589. The summed E-state index contributed by atoms with van der Waals surface area (Å²) in [4.78, 5) is 38.9. The Morgan fingerprint density at radius 1 is 1.15 bits per heavy atom. The maximum Gasteiger partial charge on any atom is 0.307 e. The number of carboxylic acid groups (broad SMARTS) is 1. The lowest BCUT2D eigenvalue weighted by Gasteiger charge is -2.39. The van der Waals surface area contributed by atoms with Crippen LogP contribution in [0.1, 0.15) is 94.4 Å². The summed E-state index contributed by atoms with van der Waals surface area (Å²) >= 11 is 0. The summed E-state index contributed by atoms with van der Waals surface area (Å²) < 4.78 is 0. The van der Waals surface area contributed by atoms with Gasteiger partial charge in [-0.05, 0) is 52.5 Å². The number of carboxylic acids is 1. The van der Waals surface area contributed by atoms with Crippen molar-refractivity contribution in [1.29, 1.82) is 0 Å². The van der Waals surface area contributed by atoms with Gasteiger partial charge in [0.05, 0.1) is 12.5 Å². The summed E-state index contributed by atoms with van der Waals surface area (Å²) in [6.07, 6.45) is 6.30. The molecule has 0 aromatic rings. The van der Waals surface area contributed by atoms with Gasteiger partial charge in [0.15, 0.2) is 0 Å². The Hall–Kier alpha value is -1.89. The van der Waals surface area contributed by atoms with Crippen molar-refractivity contribution in [3.05, 3.63) is 11.6 Å². The van der Waals surface area contributed by atoms with Gasteiger partial charge in [-0.1, -0.05) is 59.1 Å². The number of hydrogen-bond donors (Lipinski definition) is 2. The van der Waals surface area contributed by atoms with Crippen LogP contribution in [0.25, 0.3) is 0 Å². The third kappa shape index (κ3) is 14.1. The average molecular weight is 470 g/mol. The predicted octanol–water partition coefficient (Wildman–Crippen LogP) is 4.71. The Kier molecular flexibility index (Phi) is 16.8. The molecule has 0 aliphatic carbocycles. The molecule has 2 N–H and O–H groups in total. The molecule has 1 unspecified atom stereocenters. The molecule has 0 aromatic carbocycles. The van der Waals surface area contributed by atoms with E-state index in [1.165, 1.54) is 6.42 Å². The van der Waals surface area contributed by atoms with Crippen LogP contribution in [0, 0.1) is 5.41 Å². The van der Waals surface area contributed by atoms with Gasteiger partial charge in [-0.3, -0.25) is 19.3 Å². The number of nitrogens with one attached hydrogen (secondary N) is 1. The highest BCUT2D eigenvalue weighted by molar-refractivity contribution is 5.90. The normalized spacial score (nSPS) is 17.7. The first kappa shape index (κ1) is 33.3. The zero-order valence-electron chi connectivity index (χ0n) is 23.1. The van der Waals surface area contributed by atoms with E-state index >= 15 is 0 Å². The minimum absolute atomic E-state index is 0.0106. The number of piperidine rings is 1. The first-order valence-electron chi connectivity index (χ1n) is 12.2. The van der Waals surface area contributed by atoms with Gasteiger partial charge in [-0.15, -0.1) is 0 Å².